The quantitative estimate of drug-likeness (QED) is 0.819. The molecule has 0 radical (unpaired) electrons. The molecule has 0 aromatic heterocycles. The van der Waals surface area contributed by atoms with Crippen molar-refractivity contribution in [3.8, 4) is 0 Å². The highest BCUT2D eigenvalue weighted by Crippen LogP contribution is 2.23. The number of hydrogen-bond acceptors (Lipinski definition) is 2. The Balaban J connectivity index is 2.69. The summed E-state index contributed by atoms with van der Waals surface area (Å²) in [6.45, 7) is 1.99. The summed E-state index contributed by atoms with van der Waals surface area (Å²) in [6, 6.07) is 4.98. The van der Waals surface area contributed by atoms with Crippen LogP contribution in [0.15, 0.2) is 18.2 Å². The molecule has 0 spiro atoms. The summed E-state index contributed by atoms with van der Waals surface area (Å²) in [5.41, 5.74) is 6.31. The average Bonchev–Trinajstić information content (AvgIpc) is 2.22. The second-order valence-corrected chi connectivity index (χ2v) is 5.16. The molecule has 1 amide bonds. The number of carbonyl (C=O) groups excluding carboxylic acids is 1. The molecule has 1 aromatic carbocycles. The number of hydrogen-bond donors (Lipinski definition) is 2. The summed E-state index contributed by atoms with van der Waals surface area (Å²) < 4.78 is 1.03. The Kier molecular flexibility index (Phi) is 5.51. The van der Waals surface area contributed by atoms with Crippen molar-refractivity contribution in [2.24, 2.45) is 5.73 Å². The number of nitrogens with one attached hydrogen (secondary N) is 1. The maximum absolute atomic E-state index is 11.6. The molecule has 0 saturated heterocycles. The van der Waals surface area contributed by atoms with Crippen molar-refractivity contribution in [1.29, 1.82) is 0 Å². The number of halogens is 2. The Morgan fingerprint density at radius 2 is 2.31 bits per heavy atom. The number of anilines is 1. The highest BCUT2D eigenvalue weighted by molar-refractivity contribution is 14.1. The second-order valence-electron chi connectivity index (χ2n) is 3.51. The first kappa shape index (κ1) is 13.7. The molecule has 16 heavy (non-hydrogen) atoms. The van der Waals surface area contributed by atoms with Gasteiger partial charge in [-0.15, -0.1) is 0 Å². The zero-order valence-electron chi connectivity index (χ0n) is 8.97. The SMILES string of the molecule is CCC[C@@H](N)C(=O)Nc1ccc(I)cc1Cl. The van der Waals surface area contributed by atoms with Gasteiger partial charge in [-0.2, -0.15) is 0 Å². The van der Waals surface area contributed by atoms with Crippen molar-refractivity contribution in [2.75, 3.05) is 5.32 Å². The molecule has 3 N–H and O–H groups in total. The normalized spacial score (nSPS) is 12.2. The molecule has 0 fully saturated rings. The molecule has 1 rings (SSSR count). The fraction of sp³-hybridized carbons (Fsp3) is 0.364. The van der Waals surface area contributed by atoms with Gasteiger partial charge in [0.05, 0.1) is 16.8 Å². The van der Waals surface area contributed by atoms with Gasteiger partial charge in [-0.1, -0.05) is 24.9 Å². The predicted octanol–water partition coefficient (Wildman–Crippen LogP) is 3.01. The molecule has 5 heteroatoms. The van der Waals surface area contributed by atoms with Crippen LogP contribution in [0.1, 0.15) is 19.8 Å². The Morgan fingerprint density at radius 3 is 2.88 bits per heavy atom. The highest BCUT2D eigenvalue weighted by Gasteiger charge is 2.13. The van der Waals surface area contributed by atoms with Crippen molar-refractivity contribution in [1.82, 2.24) is 0 Å². The molecular formula is C11H14ClIN2O. The van der Waals surface area contributed by atoms with Crippen LogP contribution in [0.25, 0.3) is 0 Å². The number of rotatable bonds is 4. The van der Waals surface area contributed by atoms with Crippen LogP contribution in [0.2, 0.25) is 5.02 Å². The molecule has 1 aromatic rings. The summed E-state index contributed by atoms with van der Waals surface area (Å²) in [6.07, 6.45) is 1.56. The Hall–Kier alpha value is -0.330. The van der Waals surface area contributed by atoms with Crippen LogP contribution in [0.4, 0.5) is 5.69 Å². The Bertz CT molecular complexity index is 384. The lowest BCUT2D eigenvalue weighted by atomic mass is 10.1. The maximum Gasteiger partial charge on any atom is 0.241 e. The van der Waals surface area contributed by atoms with E-state index in [-0.39, 0.29) is 5.91 Å². The van der Waals surface area contributed by atoms with Crippen LogP contribution >= 0.6 is 34.2 Å². The van der Waals surface area contributed by atoms with E-state index < -0.39 is 6.04 Å². The van der Waals surface area contributed by atoms with Gasteiger partial charge in [0.15, 0.2) is 0 Å². The van der Waals surface area contributed by atoms with Crippen LogP contribution < -0.4 is 11.1 Å². The largest absolute Gasteiger partial charge is 0.323 e. The molecule has 88 valence electrons. The maximum atomic E-state index is 11.6. The molecule has 1 atom stereocenters. The molecule has 0 aliphatic rings. The van der Waals surface area contributed by atoms with Crippen molar-refractivity contribution < 1.29 is 4.79 Å². The zero-order chi connectivity index (χ0) is 12.1. The average molecular weight is 353 g/mol. The van der Waals surface area contributed by atoms with Crippen molar-refractivity contribution in [3.63, 3.8) is 0 Å². The van der Waals surface area contributed by atoms with Gasteiger partial charge in [-0.3, -0.25) is 4.79 Å². The van der Waals surface area contributed by atoms with E-state index in [1.165, 1.54) is 0 Å². The van der Waals surface area contributed by atoms with Gasteiger partial charge < -0.3 is 11.1 Å². The fourth-order valence-electron chi connectivity index (χ4n) is 1.26. The number of amides is 1. The third-order valence-corrected chi connectivity index (χ3v) is 3.11. The summed E-state index contributed by atoms with van der Waals surface area (Å²) in [7, 11) is 0. The molecule has 0 aliphatic carbocycles. The minimum Gasteiger partial charge on any atom is -0.323 e. The van der Waals surface area contributed by atoms with E-state index in [0.29, 0.717) is 17.1 Å². The van der Waals surface area contributed by atoms with Crippen LogP contribution in [-0.4, -0.2) is 11.9 Å². The first-order valence-corrected chi connectivity index (χ1v) is 6.51. The minimum atomic E-state index is -0.472. The van der Waals surface area contributed by atoms with Gasteiger partial charge in [0, 0.05) is 3.57 Å². The Labute approximate surface area is 114 Å². The topological polar surface area (TPSA) is 55.1 Å². The van der Waals surface area contributed by atoms with Crippen molar-refractivity contribution in [2.45, 2.75) is 25.8 Å². The van der Waals surface area contributed by atoms with Crippen LogP contribution in [0.3, 0.4) is 0 Å². The second kappa shape index (κ2) is 6.42. The monoisotopic (exact) mass is 352 g/mol. The number of benzene rings is 1. The van der Waals surface area contributed by atoms with Gasteiger partial charge in [0.1, 0.15) is 0 Å². The van der Waals surface area contributed by atoms with Gasteiger partial charge in [-0.05, 0) is 47.2 Å². The van der Waals surface area contributed by atoms with E-state index in [1.807, 2.05) is 13.0 Å². The lowest BCUT2D eigenvalue weighted by Crippen LogP contribution is -2.35. The van der Waals surface area contributed by atoms with E-state index in [2.05, 4.69) is 27.9 Å². The lowest BCUT2D eigenvalue weighted by Gasteiger charge is -2.12. The minimum absolute atomic E-state index is 0.190. The summed E-state index contributed by atoms with van der Waals surface area (Å²) in [4.78, 5) is 11.6. The van der Waals surface area contributed by atoms with E-state index >= 15 is 0 Å². The van der Waals surface area contributed by atoms with Crippen LogP contribution in [-0.2, 0) is 4.79 Å². The van der Waals surface area contributed by atoms with Gasteiger partial charge in [0.25, 0.3) is 0 Å². The van der Waals surface area contributed by atoms with Gasteiger partial charge in [-0.25, -0.2) is 0 Å². The predicted molar refractivity (Wildman–Crippen MR) is 75.7 cm³/mol. The first-order chi connectivity index (χ1) is 7.54. The van der Waals surface area contributed by atoms with E-state index in [1.54, 1.807) is 12.1 Å². The van der Waals surface area contributed by atoms with E-state index in [9.17, 15) is 4.79 Å². The van der Waals surface area contributed by atoms with Crippen molar-refractivity contribution >= 4 is 45.8 Å². The number of carbonyl (C=O) groups is 1. The summed E-state index contributed by atoms with van der Waals surface area (Å²) in [5.74, 6) is -0.190. The molecule has 0 heterocycles. The molecular weight excluding hydrogens is 338 g/mol. The third-order valence-electron chi connectivity index (χ3n) is 2.13. The summed E-state index contributed by atoms with van der Waals surface area (Å²) in [5, 5.41) is 3.25. The smallest absolute Gasteiger partial charge is 0.241 e. The van der Waals surface area contributed by atoms with Crippen LogP contribution in [0.5, 0.6) is 0 Å². The van der Waals surface area contributed by atoms with E-state index in [0.717, 1.165) is 9.99 Å². The molecule has 3 nitrogen and oxygen atoms in total. The molecule has 0 bridgehead atoms. The standard InChI is InChI=1S/C11H14ClIN2O/c1-2-3-9(14)11(16)15-10-5-4-7(13)6-8(10)12/h4-6,9H,2-3,14H2,1H3,(H,15,16)/t9-/m1/s1. The van der Waals surface area contributed by atoms with Gasteiger partial charge in [0.2, 0.25) is 5.91 Å². The molecule has 0 aliphatic heterocycles. The zero-order valence-corrected chi connectivity index (χ0v) is 11.9. The summed E-state index contributed by atoms with van der Waals surface area (Å²) >= 11 is 8.16. The van der Waals surface area contributed by atoms with Crippen LogP contribution in [0, 0.1) is 3.57 Å². The molecule has 0 unspecified atom stereocenters. The first-order valence-electron chi connectivity index (χ1n) is 5.06. The Morgan fingerprint density at radius 1 is 1.62 bits per heavy atom. The fourth-order valence-corrected chi connectivity index (χ4v) is 2.16. The number of nitrogens with two attached hydrogens (primary N) is 1. The van der Waals surface area contributed by atoms with E-state index in [4.69, 9.17) is 17.3 Å². The van der Waals surface area contributed by atoms with Gasteiger partial charge >= 0.3 is 0 Å². The highest BCUT2D eigenvalue weighted by atomic mass is 127. The molecule has 0 saturated carbocycles. The lowest BCUT2D eigenvalue weighted by molar-refractivity contribution is -0.117. The van der Waals surface area contributed by atoms with Crippen molar-refractivity contribution in [3.05, 3.63) is 26.8 Å². The third kappa shape index (κ3) is 3.92.